The topological polar surface area (TPSA) is 73.1 Å². The van der Waals surface area contributed by atoms with E-state index in [0.29, 0.717) is 17.4 Å². The molecule has 1 aromatic heterocycles. The predicted molar refractivity (Wildman–Crippen MR) is 70.0 cm³/mol. The van der Waals surface area contributed by atoms with E-state index in [1.54, 1.807) is 19.4 Å². The second kappa shape index (κ2) is 4.93. The van der Waals surface area contributed by atoms with E-state index in [1.165, 1.54) is 6.42 Å². The molecule has 0 spiro atoms. The van der Waals surface area contributed by atoms with Gasteiger partial charge in [-0.3, -0.25) is 0 Å². The number of hydrogen-bond acceptors (Lipinski definition) is 5. The molecule has 0 saturated heterocycles. The number of methoxy groups -OCH3 is 1. The van der Waals surface area contributed by atoms with Gasteiger partial charge >= 0.3 is 0 Å². The van der Waals surface area contributed by atoms with Crippen LogP contribution in [0.2, 0.25) is 0 Å². The predicted octanol–water partition coefficient (Wildman–Crippen LogP) is 1.09. The van der Waals surface area contributed by atoms with E-state index in [0.717, 1.165) is 18.4 Å². The van der Waals surface area contributed by atoms with Gasteiger partial charge in [-0.15, -0.1) is 5.10 Å². The van der Waals surface area contributed by atoms with Gasteiger partial charge in [0, 0.05) is 13.7 Å². The Morgan fingerprint density at radius 1 is 1.65 bits per heavy atom. The summed E-state index contributed by atoms with van der Waals surface area (Å²) in [6, 6.07) is 1.76. The number of rotatable bonds is 5. The molecule has 1 aromatic rings. The fraction of sp³-hybridized carbons (Fsp3) is 0.545. The molecule has 5 nitrogen and oxygen atoms in total. The summed E-state index contributed by atoms with van der Waals surface area (Å²) in [7, 11) is 1.74. The van der Waals surface area contributed by atoms with Crippen LogP contribution in [-0.4, -0.2) is 34.4 Å². The van der Waals surface area contributed by atoms with Crippen LogP contribution in [0.25, 0.3) is 0 Å². The van der Waals surface area contributed by atoms with E-state index in [2.05, 4.69) is 15.5 Å². The summed E-state index contributed by atoms with van der Waals surface area (Å²) >= 11 is 4.97. The van der Waals surface area contributed by atoms with Gasteiger partial charge in [-0.25, -0.2) is 0 Å². The van der Waals surface area contributed by atoms with Crippen LogP contribution in [0.5, 0.6) is 0 Å². The summed E-state index contributed by atoms with van der Waals surface area (Å²) in [4.78, 5) is 0.322. The van der Waals surface area contributed by atoms with E-state index >= 15 is 0 Å². The Labute approximate surface area is 106 Å². The van der Waals surface area contributed by atoms with Crippen LogP contribution in [0.1, 0.15) is 24.8 Å². The van der Waals surface area contributed by atoms with E-state index in [-0.39, 0.29) is 5.60 Å². The van der Waals surface area contributed by atoms with Crippen molar-refractivity contribution in [2.45, 2.75) is 24.9 Å². The third-order valence-electron chi connectivity index (χ3n) is 3.26. The van der Waals surface area contributed by atoms with Gasteiger partial charge in [0.1, 0.15) is 4.99 Å². The molecule has 17 heavy (non-hydrogen) atoms. The quantitative estimate of drug-likeness (QED) is 0.764. The average molecular weight is 252 g/mol. The highest BCUT2D eigenvalue weighted by Gasteiger charge is 2.36. The lowest BCUT2D eigenvalue weighted by Gasteiger charge is -2.40. The maximum Gasteiger partial charge on any atom is 0.159 e. The van der Waals surface area contributed by atoms with Crippen molar-refractivity contribution in [3.63, 3.8) is 0 Å². The smallest absolute Gasteiger partial charge is 0.159 e. The number of hydrogen-bond donors (Lipinski definition) is 2. The molecule has 0 aromatic carbocycles. The van der Waals surface area contributed by atoms with Crippen LogP contribution in [-0.2, 0) is 4.74 Å². The molecule has 0 bridgehead atoms. The maximum atomic E-state index is 5.63. The molecule has 0 amide bonds. The number of anilines is 1. The Balaban J connectivity index is 2.06. The molecule has 2 rings (SSSR count). The highest BCUT2D eigenvalue weighted by atomic mass is 32.1. The number of nitrogens with one attached hydrogen (secondary N) is 1. The normalized spacial score (nSPS) is 17.2. The first-order valence-corrected chi connectivity index (χ1v) is 5.98. The van der Waals surface area contributed by atoms with Crippen molar-refractivity contribution in [1.82, 2.24) is 10.2 Å². The molecule has 92 valence electrons. The van der Waals surface area contributed by atoms with Gasteiger partial charge in [-0.05, 0) is 25.3 Å². The zero-order chi connectivity index (χ0) is 12.3. The van der Waals surface area contributed by atoms with Gasteiger partial charge in [-0.2, -0.15) is 5.10 Å². The van der Waals surface area contributed by atoms with E-state index < -0.39 is 0 Å². The minimum atomic E-state index is -0.0645. The van der Waals surface area contributed by atoms with Gasteiger partial charge in [0.15, 0.2) is 5.82 Å². The fourth-order valence-corrected chi connectivity index (χ4v) is 2.09. The van der Waals surface area contributed by atoms with Crippen molar-refractivity contribution >= 4 is 23.0 Å². The lowest BCUT2D eigenvalue weighted by atomic mass is 9.80. The van der Waals surface area contributed by atoms with Crippen LogP contribution in [0, 0.1) is 0 Å². The number of thiocarbonyl (C=S) groups is 1. The Bertz CT molecular complexity index is 414. The summed E-state index contributed by atoms with van der Waals surface area (Å²) in [5.41, 5.74) is 6.28. The van der Waals surface area contributed by atoms with Gasteiger partial charge in [-0.1, -0.05) is 12.2 Å². The van der Waals surface area contributed by atoms with Crippen LogP contribution >= 0.6 is 12.2 Å². The first kappa shape index (κ1) is 12.2. The molecule has 1 aliphatic rings. The van der Waals surface area contributed by atoms with E-state index in [4.69, 9.17) is 22.7 Å². The Kier molecular flexibility index (Phi) is 3.54. The van der Waals surface area contributed by atoms with Crippen molar-refractivity contribution in [2.75, 3.05) is 19.0 Å². The molecule has 1 aliphatic carbocycles. The molecule has 0 aliphatic heterocycles. The first-order valence-electron chi connectivity index (χ1n) is 5.57. The number of ether oxygens (including phenoxy) is 1. The van der Waals surface area contributed by atoms with Gasteiger partial charge in [0.25, 0.3) is 0 Å². The number of nitrogens with two attached hydrogens (primary N) is 1. The molecular weight excluding hydrogens is 236 g/mol. The van der Waals surface area contributed by atoms with Crippen LogP contribution < -0.4 is 11.1 Å². The first-order chi connectivity index (χ1) is 8.17. The second-order valence-electron chi connectivity index (χ2n) is 4.25. The lowest BCUT2D eigenvalue weighted by molar-refractivity contribution is -0.0601. The number of aromatic nitrogens is 2. The van der Waals surface area contributed by atoms with Gasteiger partial charge in [0.05, 0.1) is 17.4 Å². The van der Waals surface area contributed by atoms with Crippen molar-refractivity contribution < 1.29 is 4.74 Å². The number of nitrogens with zero attached hydrogens (tertiary/aromatic N) is 2. The molecular formula is C11H16N4OS. The summed E-state index contributed by atoms with van der Waals surface area (Å²) in [5, 5.41) is 11.1. The Hall–Kier alpha value is -1.27. The minimum Gasteiger partial charge on any atom is -0.389 e. The van der Waals surface area contributed by atoms with E-state index in [9.17, 15) is 0 Å². The molecule has 6 heteroatoms. The molecule has 1 fully saturated rings. The van der Waals surface area contributed by atoms with Crippen LogP contribution in [0.15, 0.2) is 12.3 Å². The standard InChI is InChI=1S/C11H16N4OS/c1-16-11(4-2-5-11)7-13-10-8(9(12)17)3-6-14-15-10/h3,6H,2,4-5,7H2,1H3,(H2,12,17)(H,13,15). The second-order valence-corrected chi connectivity index (χ2v) is 4.69. The third-order valence-corrected chi connectivity index (χ3v) is 3.48. The summed E-state index contributed by atoms with van der Waals surface area (Å²) in [6.07, 6.45) is 4.92. The molecule has 1 saturated carbocycles. The SMILES string of the molecule is COC1(CNc2nnccc2C(N)=S)CCC1. The molecule has 0 unspecified atom stereocenters. The van der Waals surface area contributed by atoms with Crippen molar-refractivity contribution in [2.24, 2.45) is 5.73 Å². The van der Waals surface area contributed by atoms with Crippen molar-refractivity contribution in [3.05, 3.63) is 17.8 Å². The molecule has 0 radical (unpaired) electrons. The monoisotopic (exact) mass is 252 g/mol. The lowest BCUT2D eigenvalue weighted by Crippen LogP contribution is -2.45. The van der Waals surface area contributed by atoms with Crippen molar-refractivity contribution in [3.8, 4) is 0 Å². The molecule has 1 heterocycles. The zero-order valence-corrected chi connectivity index (χ0v) is 10.6. The van der Waals surface area contributed by atoms with Gasteiger partial charge < -0.3 is 15.8 Å². The highest BCUT2D eigenvalue weighted by molar-refractivity contribution is 7.80. The van der Waals surface area contributed by atoms with E-state index in [1.807, 2.05) is 0 Å². The summed E-state index contributed by atoms with van der Waals surface area (Å²) in [6.45, 7) is 0.706. The van der Waals surface area contributed by atoms with Crippen molar-refractivity contribution in [1.29, 1.82) is 0 Å². The zero-order valence-electron chi connectivity index (χ0n) is 9.77. The Morgan fingerprint density at radius 2 is 2.41 bits per heavy atom. The van der Waals surface area contributed by atoms with Gasteiger partial charge in [0.2, 0.25) is 0 Å². The fourth-order valence-electron chi connectivity index (χ4n) is 1.93. The maximum absolute atomic E-state index is 5.63. The average Bonchev–Trinajstić information content (AvgIpc) is 2.28. The highest BCUT2D eigenvalue weighted by Crippen LogP contribution is 2.35. The third kappa shape index (κ3) is 2.53. The van der Waals surface area contributed by atoms with Crippen LogP contribution in [0.3, 0.4) is 0 Å². The molecule has 3 N–H and O–H groups in total. The minimum absolute atomic E-state index is 0.0645. The summed E-state index contributed by atoms with van der Waals surface area (Å²) in [5.74, 6) is 0.628. The Morgan fingerprint density at radius 3 is 2.94 bits per heavy atom. The molecule has 0 atom stereocenters. The largest absolute Gasteiger partial charge is 0.389 e. The van der Waals surface area contributed by atoms with Crippen LogP contribution in [0.4, 0.5) is 5.82 Å². The summed E-state index contributed by atoms with van der Waals surface area (Å²) < 4.78 is 5.52.